The molecule has 0 amide bonds. The van der Waals surface area contributed by atoms with Crippen LogP contribution in [0.5, 0.6) is 0 Å². The molecule has 19 heavy (non-hydrogen) atoms. The van der Waals surface area contributed by atoms with Crippen LogP contribution in [-0.2, 0) is 0 Å². The minimum absolute atomic E-state index is 0.229. The Morgan fingerprint density at radius 3 is 2.63 bits per heavy atom. The number of anilines is 2. The standard InChI is InChI=1S/C13H22ClN5/c1-4-8-15-11-17-10(14)18-12(19-11)16-9-6-5-7-13(9,2)3/h9H,4-8H2,1-3H3,(H2,15,16,17,18,19). The lowest BCUT2D eigenvalue weighted by atomic mass is 9.87. The van der Waals surface area contributed by atoms with Crippen LogP contribution in [0.2, 0.25) is 5.28 Å². The maximum atomic E-state index is 5.94. The van der Waals surface area contributed by atoms with Crippen LogP contribution < -0.4 is 10.6 Å². The van der Waals surface area contributed by atoms with Crippen molar-refractivity contribution in [3.8, 4) is 0 Å². The Labute approximate surface area is 119 Å². The molecule has 0 bridgehead atoms. The van der Waals surface area contributed by atoms with Crippen molar-refractivity contribution >= 4 is 23.5 Å². The first kappa shape index (κ1) is 14.3. The average molecular weight is 284 g/mol. The Hall–Kier alpha value is -1.10. The van der Waals surface area contributed by atoms with Crippen molar-refractivity contribution in [3.63, 3.8) is 0 Å². The maximum Gasteiger partial charge on any atom is 0.229 e. The SMILES string of the molecule is CCCNc1nc(Cl)nc(NC2CCCC2(C)C)n1. The number of aromatic nitrogens is 3. The molecule has 106 valence electrons. The quantitative estimate of drug-likeness (QED) is 0.868. The first-order valence-electron chi connectivity index (χ1n) is 6.93. The van der Waals surface area contributed by atoms with Crippen LogP contribution in [0.3, 0.4) is 0 Å². The van der Waals surface area contributed by atoms with Gasteiger partial charge in [-0.3, -0.25) is 0 Å². The second-order valence-corrected chi connectivity index (χ2v) is 6.09. The van der Waals surface area contributed by atoms with Gasteiger partial charge in [0.1, 0.15) is 0 Å². The molecule has 1 aliphatic rings. The Kier molecular flexibility index (Phi) is 4.45. The summed E-state index contributed by atoms with van der Waals surface area (Å²) in [6.45, 7) is 7.47. The Bertz CT molecular complexity index is 435. The summed E-state index contributed by atoms with van der Waals surface area (Å²) in [6.07, 6.45) is 4.63. The van der Waals surface area contributed by atoms with E-state index in [1.165, 1.54) is 12.8 Å². The molecule has 2 rings (SSSR count). The van der Waals surface area contributed by atoms with E-state index in [4.69, 9.17) is 11.6 Å². The Balaban J connectivity index is 2.09. The molecule has 1 saturated carbocycles. The predicted octanol–water partition coefficient (Wildman–Crippen LogP) is 3.34. The van der Waals surface area contributed by atoms with Crippen molar-refractivity contribution in [2.24, 2.45) is 5.41 Å². The number of halogens is 1. The zero-order valence-electron chi connectivity index (χ0n) is 11.8. The molecule has 0 aromatic carbocycles. The van der Waals surface area contributed by atoms with Gasteiger partial charge in [-0.1, -0.05) is 27.2 Å². The molecule has 0 radical (unpaired) electrons. The summed E-state index contributed by atoms with van der Waals surface area (Å²) in [6, 6.07) is 0.394. The van der Waals surface area contributed by atoms with E-state index in [0.717, 1.165) is 19.4 Å². The monoisotopic (exact) mass is 283 g/mol. The van der Waals surface area contributed by atoms with E-state index in [1.807, 2.05) is 0 Å². The van der Waals surface area contributed by atoms with Crippen LogP contribution in [0.25, 0.3) is 0 Å². The molecular weight excluding hydrogens is 262 g/mol. The van der Waals surface area contributed by atoms with Crippen molar-refractivity contribution in [2.75, 3.05) is 17.2 Å². The Morgan fingerprint density at radius 2 is 2.00 bits per heavy atom. The number of nitrogens with zero attached hydrogens (tertiary/aromatic N) is 3. The van der Waals surface area contributed by atoms with Gasteiger partial charge in [-0.25, -0.2) is 0 Å². The second kappa shape index (κ2) is 5.90. The smallest absolute Gasteiger partial charge is 0.229 e. The summed E-state index contributed by atoms with van der Waals surface area (Å²) in [5, 5.41) is 6.77. The summed E-state index contributed by atoms with van der Waals surface area (Å²) in [7, 11) is 0. The highest BCUT2D eigenvalue weighted by Gasteiger charge is 2.34. The summed E-state index contributed by atoms with van der Waals surface area (Å²) in [5.74, 6) is 1.11. The number of nitrogens with one attached hydrogen (secondary N) is 2. The second-order valence-electron chi connectivity index (χ2n) is 5.76. The molecule has 0 saturated heterocycles. The third-order valence-corrected chi connectivity index (χ3v) is 3.87. The molecule has 1 heterocycles. The minimum atomic E-state index is 0.229. The number of rotatable bonds is 5. The van der Waals surface area contributed by atoms with Crippen molar-refractivity contribution in [3.05, 3.63) is 5.28 Å². The van der Waals surface area contributed by atoms with Crippen molar-refractivity contribution in [2.45, 2.75) is 52.5 Å². The van der Waals surface area contributed by atoms with Gasteiger partial charge in [0.25, 0.3) is 0 Å². The average Bonchev–Trinajstić information content (AvgIpc) is 2.65. The fraction of sp³-hybridized carbons (Fsp3) is 0.769. The van der Waals surface area contributed by atoms with Crippen molar-refractivity contribution in [1.29, 1.82) is 0 Å². The van der Waals surface area contributed by atoms with Crippen LogP contribution in [-0.4, -0.2) is 27.5 Å². The van der Waals surface area contributed by atoms with Crippen LogP contribution in [0.15, 0.2) is 0 Å². The largest absolute Gasteiger partial charge is 0.354 e. The predicted molar refractivity (Wildman–Crippen MR) is 78.7 cm³/mol. The van der Waals surface area contributed by atoms with E-state index in [1.54, 1.807) is 0 Å². The lowest BCUT2D eigenvalue weighted by molar-refractivity contribution is 0.349. The van der Waals surface area contributed by atoms with Gasteiger partial charge in [-0.15, -0.1) is 0 Å². The molecule has 2 N–H and O–H groups in total. The topological polar surface area (TPSA) is 62.7 Å². The van der Waals surface area contributed by atoms with Gasteiger partial charge in [0, 0.05) is 12.6 Å². The van der Waals surface area contributed by atoms with Crippen molar-refractivity contribution < 1.29 is 0 Å². The van der Waals surface area contributed by atoms with Gasteiger partial charge < -0.3 is 10.6 Å². The first-order chi connectivity index (χ1) is 9.01. The van der Waals surface area contributed by atoms with Gasteiger partial charge in [-0.05, 0) is 36.3 Å². The fourth-order valence-corrected chi connectivity index (χ4v) is 2.64. The fourth-order valence-electron chi connectivity index (χ4n) is 2.48. The van der Waals surface area contributed by atoms with E-state index in [-0.39, 0.29) is 10.7 Å². The molecule has 1 atom stereocenters. The summed E-state index contributed by atoms with van der Waals surface area (Å²) < 4.78 is 0. The van der Waals surface area contributed by atoms with Gasteiger partial charge in [0.15, 0.2) is 0 Å². The van der Waals surface area contributed by atoms with Gasteiger partial charge >= 0.3 is 0 Å². The molecule has 0 aliphatic heterocycles. The van der Waals surface area contributed by atoms with Crippen molar-refractivity contribution in [1.82, 2.24) is 15.0 Å². The van der Waals surface area contributed by atoms with Crippen LogP contribution in [0.1, 0.15) is 46.5 Å². The molecule has 1 unspecified atom stereocenters. The maximum absolute atomic E-state index is 5.94. The zero-order chi connectivity index (χ0) is 13.9. The highest BCUT2D eigenvalue weighted by molar-refractivity contribution is 6.28. The van der Waals surface area contributed by atoms with E-state index in [9.17, 15) is 0 Å². The summed E-state index contributed by atoms with van der Waals surface area (Å²) >= 11 is 5.94. The molecule has 0 spiro atoms. The van der Waals surface area contributed by atoms with Crippen LogP contribution >= 0.6 is 11.6 Å². The third-order valence-electron chi connectivity index (χ3n) is 3.70. The molecule has 6 heteroatoms. The lowest BCUT2D eigenvalue weighted by Crippen LogP contribution is -2.31. The van der Waals surface area contributed by atoms with E-state index in [2.05, 4.69) is 46.4 Å². The molecule has 1 aliphatic carbocycles. The lowest BCUT2D eigenvalue weighted by Gasteiger charge is -2.27. The molecule has 1 aromatic heterocycles. The molecule has 1 aromatic rings. The van der Waals surface area contributed by atoms with Crippen LogP contribution in [0.4, 0.5) is 11.9 Å². The number of hydrogen-bond acceptors (Lipinski definition) is 5. The molecular formula is C13H22ClN5. The highest BCUT2D eigenvalue weighted by atomic mass is 35.5. The zero-order valence-corrected chi connectivity index (χ0v) is 12.6. The first-order valence-corrected chi connectivity index (χ1v) is 7.31. The normalized spacial score (nSPS) is 21.4. The Morgan fingerprint density at radius 1 is 1.26 bits per heavy atom. The van der Waals surface area contributed by atoms with Crippen LogP contribution in [0, 0.1) is 5.41 Å². The summed E-state index contributed by atoms with van der Waals surface area (Å²) in [5.41, 5.74) is 0.274. The number of hydrogen-bond donors (Lipinski definition) is 2. The van der Waals surface area contributed by atoms with E-state index in [0.29, 0.717) is 17.9 Å². The summed E-state index contributed by atoms with van der Waals surface area (Å²) in [4.78, 5) is 12.6. The minimum Gasteiger partial charge on any atom is -0.354 e. The van der Waals surface area contributed by atoms with Gasteiger partial charge in [-0.2, -0.15) is 15.0 Å². The van der Waals surface area contributed by atoms with Gasteiger partial charge in [0.2, 0.25) is 17.2 Å². The molecule has 5 nitrogen and oxygen atoms in total. The highest BCUT2D eigenvalue weighted by Crippen LogP contribution is 2.38. The van der Waals surface area contributed by atoms with Gasteiger partial charge in [0.05, 0.1) is 0 Å². The third kappa shape index (κ3) is 3.69. The molecule has 1 fully saturated rings. The van der Waals surface area contributed by atoms with E-state index >= 15 is 0 Å². The van der Waals surface area contributed by atoms with E-state index < -0.39 is 0 Å².